The SMILES string of the molecule is COCCOCC(=O)n1ccccc1=NC(C)C. The lowest BCUT2D eigenvalue weighted by molar-refractivity contribution is 0.0511. The fourth-order valence-electron chi connectivity index (χ4n) is 1.39. The van der Waals surface area contributed by atoms with Crippen LogP contribution in [-0.4, -0.2) is 43.4 Å². The van der Waals surface area contributed by atoms with Crippen LogP contribution in [0.5, 0.6) is 0 Å². The van der Waals surface area contributed by atoms with Gasteiger partial charge in [-0.25, -0.2) is 0 Å². The first-order chi connectivity index (χ1) is 8.65. The zero-order valence-corrected chi connectivity index (χ0v) is 11.1. The fourth-order valence-corrected chi connectivity index (χ4v) is 1.39. The molecule has 0 bridgehead atoms. The first kappa shape index (κ1) is 14.6. The van der Waals surface area contributed by atoms with E-state index in [0.717, 1.165) is 0 Å². The molecule has 0 fully saturated rings. The Kier molecular flexibility index (Phi) is 6.32. The molecule has 100 valence electrons. The summed E-state index contributed by atoms with van der Waals surface area (Å²) in [4.78, 5) is 16.3. The lowest BCUT2D eigenvalue weighted by atomic mass is 10.4. The summed E-state index contributed by atoms with van der Waals surface area (Å²) in [6, 6.07) is 5.61. The van der Waals surface area contributed by atoms with Crippen LogP contribution in [0.25, 0.3) is 0 Å². The Labute approximate surface area is 107 Å². The van der Waals surface area contributed by atoms with E-state index in [-0.39, 0.29) is 18.6 Å². The monoisotopic (exact) mass is 252 g/mol. The van der Waals surface area contributed by atoms with Crippen LogP contribution in [0.1, 0.15) is 18.6 Å². The van der Waals surface area contributed by atoms with E-state index in [0.29, 0.717) is 18.7 Å². The Morgan fingerprint density at radius 2 is 2.17 bits per heavy atom. The predicted molar refractivity (Wildman–Crippen MR) is 68.5 cm³/mol. The van der Waals surface area contributed by atoms with Crippen molar-refractivity contribution in [3.63, 3.8) is 0 Å². The third-order valence-electron chi connectivity index (χ3n) is 2.15. The van der Waals surface area contributed by atoms with Crippen LogP contribution >= 0.6 is 0 Å². The van der Waals surface area contributed by atoms with Crippen LogP contribution < -0.4 is 5.49 Å². The summed E-state index contributed by atoms with van der Waals surface area (Å²) in [6.07, 6.45) is 1.70. The molecule has 0 aliphatic rings. The van der Waals surface area contributed by atoms with Gasteiger partial charge in [0.15, 0.2) is 0 Å². The maximum atomic E-state index is 11.9. The number of pyridine rings is 1. The fraction of sp³-hybridized carbons (Fsp3) is 0.538. The molecule has 5 nitrogen and oxygen atoms in total. The van der Waals surface area contributed by atoms with E-state index >= 15 is 0 Å². The molecular formula is C13H20N2O3. The molecule has 18 heavy (non-hydrogen) atoms. The quantitative estimate of drug-likeness (QED) is 0.712. The summed E-state index contributed by atoms with van der Waals surface area (Å²) in [5.74, 6) is -0.133. The molecular weight excluding hydrogens is 232 g/mol. The van der Waals surface area contributed by atoms with E-state index in [9.17, 15) is 4.79 Å². The molecule has 0 atom stereocenters. The van der Waals surface area contributed by atoms with Crippen molar-refractivity contribution in [1.82, 2.24) is 4.57 Å². The smallest absolute Gasteiger partial charge is 0.258 e. The second kappa shape index (κ2) is 7.79. The van der Waals surface area contributed by atoms with E-state index in [1.54, 1.807) is 19.4 Å². The van der Waals surface area contributed by atoms with Gasteiger partial charge in [0.1, 0.15) is 12.1 Å². The summed E-state index contributed by atoms with van der Waals surface area (Å²) in [5.41, 5.74) is 0.646. The molecule has 0 spiro atoms. The Morgan fingerprint density at radius 1 is 1.39 bits per heavy atom. The number of rotatable bonds is 6. The molecule has 0 aromatic carbocycles. The average molecular weight is 252 g/mol. The minimum absolute atomic E-state index is 0.0264. The van der Waals surface area contributed by atoms with E-state index in [1.165, 1.54) is 4.57 Å². The second-order valence-corrected chi connectivity index (χ2v) is 4.09. The lowest BCUT2D eigenvalue weighted by Crippen LogP contribution is -2.30. The van der Waals surface area contributed by atoms with Crippen molar-refractivity contribution in [1.29, 1.82) is 0 Å². The largest absolute Gasteiger partial charge is 0.382 e. The van der Waals surface area contributed by atoms with Crippen molar-refractivity contribution in [2.75, 3.05) is 26.9 Å². The van der Waals surface area contributed by atoms with Crippen LogP contribution in [0.15, 0.2) is 29.4 Å². The second-order valence-electron chi connectivity index (χ2n) is 4.09. The maximum Gasteiger partial charge on any atom is 0.258 e. The van der Waals surface area contributed by atoms with Crippen LogP contribution in [0.4, 0.5) is 0 Å². The minimum Gasteiger partial charge on any atom is -0.382 e. The Hall–Kier alpha value is -1.46. The van der Waals surface area contributed by atoms with E-state index in [4.69, 9.17) is 9.47 Å². The van der Waals surface area contributed by atoms with Crippen LogP contribution in [-0.2, 0) is 9.47 Å². The number of ether oxygens (including phenoxy) is 2. The molecule has 1 aromatic rings. The van der Waals surface area contributed by atoms with Gasteiger partial charge in [-0.2, -0.15) is 0 Å². The van der Waals surface area contributed by atoms with Crippen LogP contribution in [0, 0.1) is 0 Å². The first-order valence-corrected chi connectivity index (χ1v) is 5.96. The minimum atomic E-state index is -0.133. The van der Waals surface area contributed by atoms with Crippen molar-refractivity contribution < 1.29 is 14.3 Å². The number of methoxy groups -OCH3 is 1. The summed E-state index contributed by atoms with van der Waals surface area (Å²) in [6.45, 7) is 4.86. The Balaban J connectivity index is 2.73. The molecule has 0 amide bonds. The maximum absolute atomic E-state index is 11.9. The number of aromatic nitrogens is 1. The highest BCUT2D eigenvalue weighted by Crippen LogP contribution is 1.88. The standard InChI is InChI=1S/C13H20N2O3/c1-11(2)14-12-6-4-5-7-15(12)13(16)10-18-9-8-17-3/h4-7,11H,8-10H2,1-3H3. The predicted octanol–water partition coefficient (Wildman–Crippen LogP) is 1.10. The van der Waals surface area contributed by atoms with Gasteiger partial charge < -0.3 is 9.47 Å². The third-order valence-corrected chi connectivity index (χ3v) is 2.15. The normalized spacial score (nSPS) is 12.1. The molecule has 0 aliphatic heterocycles. The first-order valence-electron chi connectivity index (χ1n) is 5.96. The highest BCUT2D eigenvalue weighted by Gasteiger charge is 2.05. The number of carbonyl (C=O) groups is 1. The number of nitrogens with zero attached hydrogens (tertiary/aromatic N) is 2. The average Bonchev–Trinajstić information content (AvgIpc) is 2.34. The van der Waals surface area contributed by atoms with Gasteiger partial charge in [0, 0.05) is 19.3 Å². The highest BCUT2D eigenvalue weighted by molar-refractivity contribution is 5.79. The van der Waals surface area contributed by atoms with Crippen molar-refractivity contribution >= 4 is 5.91 Å². The molecule has 0 radical (unpaired) electrons. The molecule has 1 aromatic heterocycles. The number of hydrogen-bond acceptors (Lipinski definition) is 4. The van der Waals surface area contributed by atoms with Gasteiger partial charge in [0.2, 0.25) is 0 Å². The van der Waals surface area contributed by atoms with Crippen molar-refractivity contribution in [3.05, 3.63) is 29.9 Å². The van der Waals surface area contributed by atoms with E-state index in [2.05, 4.69) is 4.99 Å². The molecule has 0 aliphatic carbocycles. The molecule has 5 heteroatoms. The molecule has 1 rings (SSSR count). The van der Waals surface area contributed by atoms with Crippen molar-refractivity contribution in [2.45, 2.75) is 19.9 Å². The van der Waals surface area contributed by atoms with Crippen LogP contribution in [0.3, 0.4) is 0 Å². The molecule has 0 unspecified atom stereocenters. The van der Waals surface area contributed by atoms with Gasteiger partial charge in [-0.15, -0.1) is 0 Å². The van der Waals surface area contributed by atoms with Gasteiger partial charge in [-0.3, -0.25) is 14.4 Å². The van der Waals surface area contributed by atoms with Crippen molar-refractivity contribution in [3.8, 4) is 0 Å². The van der Waals surface area contributed by atoms with Gasteiger partial charge in [0.25, 0.3) is 5.91 Å². The van der Waals surface area contributed by atoms with Crippen LogP contribution in [0.2, 0.25) is 0 Å². The number of carbonyl (C=O) groups excluding carboxylic acids is 1. The lowest BCUT2D eigenvalue weighted by Gasteiger charge is -2.07. The zero-order chi connectivity index (χ0) is 13.4. The molecule has 0 saturated heterocycles. The molecule has 0 saturated carbocycles. The third kappa shape index (κ3) is 4.81. The molecule has 1 heterocycles. The summed E-state index contributed by atoms with van der Waals surface area (Å²) in [7, 11) is 1.59. The van der Waals surface area contributed by atoms with E-state index < -0.39 is 0 Å². The van der Waals surface area contributed by atoms with Gasteiger partial charge >= 0.3 is 0 Å². The number of hydrogen-bond donors (Lipinski definition) is 0. The van der Waals surface area contributed by atoms with Gasteiger partial charge in [-0.1, -0.05) is 6.07 Å². The Morgan fingerprint density at radius 3 is 2.83 bits per heavy atom. The summed E-state index contributed by atoms with van der Waals surface area (Å²) in [5, 5.41) is 0. The van der Waals surface area contributed by atoms with E-state index in [1.807, 2.05) is 26.0 Å². The zero-order valence-electron chi connectivity index (χ0n) is 11.1. The topological polar surface area (TPSA) is 52.8 Å². The van der Waals surface area contributed by atoms with Crippen molar-refractivity contribution in [2.24, 2.45) is 4.99 Å². The Bertz CT molecular complexity index is 438. The molecule has 0 N–H and O–H groups in total. The van der Waals surface area contributed by atoms with Gasteiger partial charge in [-0.05, 0) is 26.0 Å². The summed E-state index contributed by atoms with van der Waals surface area (Å²) < 4.78 is 11.6. The van der Waals surface area contributed by atoms with Gasteiger partial charge in [0.05, 0.1) is 13.2 Å². The highest BCUT2D eigenvalue weighted by atomic mass is 16.5. The summed E-state index contributed by atoms with van der Waals surface area (Å²) >= 11 is 0.